The Balaban J connectivity index is 1.93. The van der Waals surface area contributed by atoms with Crippen molar-refractivity contribution >= 4 is 17.3 Å². The number of nitrogens with one attached hydrogen (secondary N) is 1. The van der Waals surface area contributed by atoms with Crippen LogP contribution in [0.4, 0.5) is 0 Å². The predicted octanol–water partition coefficient (Wildman–Crippen LogP) is 2.41. The third-order valence-electron chi connectivity index (χ3n) is 3.26. The second-order valence-electron chi connectivity index (χ2n) is 4.67. The molecule has 0 amide bonds. The molecule has 0 aromatic carbocycles. The van der Waals surface area contributed by atoms with Crippen molar-refractivity contribution in [3.63, 3.8) is 0 Å². The summed E-state index contributed by atoms with van der Waals surface area (Å²) >= 11 is 1.79. The molecule has 17 heavy (non-hydrogen) atoms. The van der Waals surface area contributed by atoms with E-state index >= 15 is 0 Å². The Kier molecular flexibility index (Phi) is 3.84. The van der Waals surface area contributed by atoms with Crippen molar-refractivity contribution in [2.75, 3.05) is 7.11 Å². The molecule has 1 aromatic rings. The maximum absolute atomic E-state index is 11.6. The minimum atomic E-state index is -0.127. The summed E-state index contributed by atoms with van der Waals surface area (Å²) in [4.78, 5) is 14.2. The van der Waals surface area contributed by atoms with Crippen LogP contribution in [0.1, 0.15) is 28.2 Å². The molecule has 1 heterocycles. The van der Waals surface area contributed by atoms with Crippen molar-refractivity contribution in [3.05, 3.63) is 21.4 Å². The first-order valence-corrected chi connectivity index (χ1v) is 6.80. The molecule has 1 aliphatic rings. The number of hydrogen-bond acceptors (Lipinski definition) is 4. The number of aryl methyl sites for hydroxylation is 2. The molecular formula is C13H19NO2S. The van der Waals surface area contributed by atoms with Crippen LogP contribution in [0.25, 0.3) is 0 Å². The SMILES string of the molecule is COC(=O)C(NCc1cc(C)c(C)s1)C1CC1. The monoisotopic (exact) mass is 253 g/mol. The summed E-state index contributed by atoms with van der Waals surface area (Å²) in [6, 6.07) is 2.07. The Hall–Kier alpha value is -0.870. The number of carbonyl (C=O) groups is 1. The summed E-state index contributed by atoms with van der Waals surface area (Å²) in [6.07, 6.45) is 2.27. The van der Waals surface area contributed by atoms with Gasteiger partial charge in [-0.1, -0.05) is 0 Å². The van der Waals surface area contributed by atoms with E-state index in [1.165, 1.54) is 22.4 Å². The van der Waals surface area contributed by atoms with E-state index in [2.05, 4.69) is 25.2 Å². The second-order valence-corrected chi connectivity index (χ2v) is 6.01. The summed E-state index contributed by atoms with van der Waals surface area (Å²) < 4.78 is 4.83. The summed E-state index contributed by atoms with van der Waals surface area (Å²) in [5, 5.41) is 3.33. The molecule has 0 bridgehead atoms. The lowest BCUT2D eigenvalue weighted by atomic mass is 10.2. The van der Waals surface area contributed by atoms with Crippen LogP contribution < -0.4 is 5.32 Å². The van der Waals surface area contributed by atoms with E-state index in [4.69, 9.17) is 4.74 Å². The molecule has 4 heteroatoms. The minimum Gasteiger partial charge on any atom is -0.468 e. The van der Waals surface area contributed by atoms with E-state index in [0.29, 0.717) is 5.92 Å². The van der Waals surface area contributed by atoms with Gasteiger partial charge in [-0.05, 0) is 44.2 Å². The van der Waals surface area contributed by atoms with E-state index < -0.39 is 0 Å². The topological polar surface area (TPSA) is 38.3 Å². The van der Waals surface area contributed by atoms with Gasteiger partial charge in [0.1, 0.15) is 6.04 Å². The van der Waals surface area contributed by atoms with Gasteiger partial charge in [-0.25, -0.2) is 0 Å². The van der Waals surface area contributed by atoms with Gasteiger partial charge in [-0.3, -0.25) is 10.1 Å². The fourth-order valence-corrected chi connectivity index (χ4v) is 2.95. The predicted molar refractivity (Wildman–Crippen MR) is 69.2 cm³/mol. The zero-order valence-electron chi connectivity index (χ0n) is 10.6. The summed E-state index contributed by atoms with van der Waals surface area (Å²) in [7, 11) is 1.46. The van der Waals surface area contributed by atoms with Crippen LogP contribution >= 0.6 is 11.3 Å². The van der Waals surface area contributed by atoms with Crippen LogP contribution in [0.3, 0.4) is 0 Å². The van der Waals surface area contributed by atoms with Gasteiger partial charge in [0.05, 0.1) is 7.11 Å². The van der Waals surface area contributed by atoms with Crippen LogP contribution in [0.5, 0.6) is 0 Å². The van der Waals surface area contributed by atoms with Crippen molar-refractivity contribution in [2.45, 2.75) is 39.3 Å². The van der Waals surface area contributed by atoms with Crippen molar-refractivity contribution < 1.29 is 9.53 Å². The fourth-order valence-electron chi connectivity index (χ4n) is 1.95. The van der Waals surface area contributed by atoms with Gasteiger partial charge >= 0.3 is 5.97 Å². The highest BCUT2D eigenvalue weighted by molar-refractivity contribution is 7.12. The molecule has 0 aliphatic heterocycles. The Morgan fingerprint density at radius 2 is 2.29 bits per heavy atom. The molecule has 3 nitrogen and oxygen atoms in total. The molecule has 1 unspecified atom stereocenters. The highest BCUT2D eigenvalue weighted by Gasteiger charge is 2.36. The summed E-state index contributed by atoms with van der Waals surface area (Å²) in [6.45, 7) is 5.01. The number of rotatable bonds is 5. The maximum atomic E-state index is 11.6. The lowest BCUT2D eigenvalue weighted by Crippen LogP contribution is -2.38. The number of carbonyl (C=O) groups excluding carboxylic acids is 1. The Morgan fingerprint density at radius 3 is 2.76 bits per heavy atom. The van der Waals surface area contributed by atoms with E-state index in [0.717, 1.165) is 19.4 Å². The van der Waals surface area contributed by atoms with E-state index in [-0.39, 0.29) is 12.0 Å². The first-order valence-electron chi connectivity index (χ1n) is 5.99. The largest absolute Gasteiger partial charge is 0.468 e. The lowest BCUT2D eigenvalue weighted by molar-refractivity contribution is -0.143. The lowest BCUT2D eigenvalue weighted by Gasteiger charge is -2.14. The highest BCUT2D eigenvalue weighted by Crippen LogP contribution is 2.33. The minimum absolute atomic E-state index is 0.122. The molecular weight excluding hydrogens is 234 g/mol. The number of thiophene rings is 1. The molecule has 1 N–H and O–H groups in total. The standard InChI is InChI=1S/C13H19NO2S/c1-8-6-11(17-9(8)2)7-14-12(10-4-5-10)13(15)16-3/h6,10,12,14H,4-5,7H2,1-3H3. The number of ether oxygens (including phenoxy) is 1. The Morgan fingerprint density at radius 1 is 1.59 bits per heavy atom. The average Bonchev–Trinajstić information content (AvgIpc) is 3.07. The molecule has 2 rings (SSSR count). The van der Waals surface area contributed by atoms with Crippen LogP contribution in [0.15, 0.2) is 6.07 Å². The second kappa shape index (κ2) is 5.19. The fraction of sp³-hybridized carbons (Fsp3) is 0.615. The van der Waals surface area contributed by atoms with E-state index in [1.54, 1.807) is 11.3 Å². The summed E-state index contributed by atoms with van der Waals surface area (Å²) in [5.74, 6) is 0.349. The first-order chi connectivity index (χ1) is 8.11. The van der Waals surface area contributed by atoms with Crippen LogP contribution in [-0.2, 0) is 16.1 Å². The quantitative estimate of drug-likeness (QED) is 0.819. The Bertz CT molecular complexity index is 390. The van der Waals surface area contributed by atoms with Gasteiger partial charge in [0, 0.05) is 16.3 Å². The van der Waals surface area contributed by atoms with Crippen molar-refractivity contribution in [2.24, 2.45) is 5.92 Å². The molecule has 1 fully saturated rings. The van der Waals surface area contributed by atoms with Gasteiger partial charge in [-0.15, -0.1) is 11.3 Å². The molecule has 1 aromatic heterocycles. The average molecular weight is 253 g/mol. The van der Waals surface area contributed by atoms with Crippen LogP contribution in [0.2, 0.25) is 0 Å². The van der Waals surface area contributed by atoms with Crippen molar-refractivity contribution in [3.8, 4) is 0 Å². The third-order valence-corrected chi connectivity index (χ3v) is 4.41. The van der Waals surface area contributed by atoms with Gasteiger partial charge in [0.15, 0.2) is 0 Å². The molecule has 0 saturated heterocycles. The molecule has 0 radical (unpaired) electrons. The van der Waals surface area contributed by atoms with Gasteiger partial charge in [-0.2, -0.15) is 0 Å². The number of hydrogen-bond donors (Lipinski definition) is 1. The van der Waals surface area contributed by atoms with Crippen LogP contribution in [-0.4, -0.2) is 19.1 Å². The maximum Gasteiger partial charge on any atom is 0.323 e. The molecule has 1 aliphatic carbocycles. The van der Waals surface area contributed by atoms with E-state index in [1.807, 2.05) is 0 Å². The Labute approximate surface area is 106 Å². The number of methoxy groups -OCH3 is 1. The first kappa shape index (κ1) is 12.6. The number of esters is 1. The molecule has 0 spiro atoms. The molecule has 94 valence electrons. The molecule has 1 atom stereocenters. The van der Waals surface area contributed by atoms with E-state index in [9.17, 15) is 4.79 Å². The van der Waals surface area contributed by atoms with Gasteiger partial charge in [0.25, 0.3) is 0 Å². The van der Waals surface area contributed by atoms with Gasteiger partial charge < -0.3 is 4.74 Å². The normalized spacial score (nSPS) is 16.9. The molecule has 1 saturated carbocycles. The van der Waals surface area contributed by atoms with Gasteiger partial charge in [0.2, 0.25) is 0 Å². The highest BCUT2D eigenvalue weighted by atomic mass is 32.1. The zero-order valence-corrected chi connectivity index (χ0v) is 11.4. The third kappa shape index (κ3) is 3.07. The van der Waals surface area contributed by atoms with Crippen LogP contribution in [0, 0.1) is 19.8 Å². The zero-order chi connectivity index (χ0) is 12.4. The van der Waals surface area contributed by atoms with Crippen molar-refractivity contribution in [1.29, 1.82) is 0 Å². The van der Waals surface area contributed by atoms with Crippen molar-refractivity contribution in [1.82, 2.24) is 5.32 Å². The smallest absolute Gasteiger partial charge is 0.323 e. The summed E-state index contributed by atoms with van der Waals surface area (Å²) in [5.41, 5.74) is 1.33.